The van der Waals surface area contributed by atoms with Crippen LogP contribution in [0.2, 0.25) is 0 Å². The van der Waals surface area contributed by atoms with Crippen molar-refractivity contribution in [3.05, 3.63) is 41.5 Å². The Balaban J connectivity index is 0.000000593. The molecule has 0 spiro atoms. The molecule has 0 saturated carbocycles. The largest absolute Gasteiger partial charge is 0.303 e. The third-order valence-corrected chi connectivity index (χ3v) is 3.91. The molecule has 1 aromatic carbocycles. The summed E-state index contributed by atoms with van der Waals surface area (Å²) < 4.78 is 0. The quantitative estimate of drug-likeness (QED) is 0.605. The smallest absolute Gasteiger partial charge is 0.00156 e. The van der Waals surface area contributed by atoms with E-state index in [0.717, 1.165) is 12.3 Å². The van der Waals surface area contributed by atoms with Crippen molar-refractivity contribution in [2.24, 2.45) is 5.92 Å². The van der Waals surface area contributed by atoms with Crippen molar-refractivity contribution >= 4 is 6.08 Å². The van der Waals surface area contributed by atoms with E-state index in [1.807, 2.05) is 0 Å². The first-order chi connectivity index (χ1) is 11.1. The van der Waals surface area contributed by atoms with Gasteiger partial charge in [0.2, 0.25) is 0 Å². The Morgan fingerprint density at radius 3 is 2.17 bits per heavy atom. The highest BCUT2D eigenvalue weighted by molar-refractivity contribution is 5.49. The third kappa shape index (κ3) is 10.3. The summed E-state index contributed by atoms with van der Waals surface area (Å²) in [6.07, 6.45) is 12.3. The number of benzene rings is 1. The van der Waals surface area contributed by atoms with Crippen LogP contribution in [-0.4, -0.2) is 24.5 Å². The molecule has 0 atom stereocenters. The van der Waals surface area contributed by atoms with Crippen LogP contribution in [0.4, 0.5) is 0 Å². The van der Waals surface area contributed by atoms with E-state index in [2.05, 4.69) is 69.0 Å². The fraction of sp³-hybridized carbons (Fsp3) is 0.636. The van der Waals surface area contributed by atoms with Crippen LogP contribution in [0.25, 0.3) is 6.08 Å². The van der Waals surface area contributed by atoms with Crippen molar-refractivity contribution in [3.8, 4) is 0 Å². The van der Waals surface area contributed by atoms with Crippen LogP contribution in [0, 0.1) is 5.92 Å². The molecule has 0 unspecified atom stereocenters. The van der Waals surface area contributed by atoms with Gasteiger partial charge in [0.15, 0.2) is 0 Å². The predicted molar refractivity (Wildman–Crippen MR) is 105 cm³/mol. The van der Waals surface area contributed by atoms with Crippen molar-refractivity contribution in [2.45, 2.75) is 66.2 Å². The Bertz CT molecular complexity index is 407. The molecule has 1 nitrogen and oxygen atoms in total. The van der Waals surface area contributed by atoms with E-state index in [9.17, 15) is 0 Å². The summed E-state index contributed by atoms with van der Waals surface area (Å²) in [5.41, 5.74) is 2.80. The fourth-order valence-corrected chi connectivity index (χ4v) is 2.74. The van der Waals surface area contributed by atoms with Crippen LogP contribution < -0.4 is 0 Å². The van der Waals surface area contributed by atoms with Gasteiger partial charge in [0.05, 0.1) is 0 Å². The second-order valence-electron chi connectivity index (χ2n) is 7.29. The van der Waals surface area contributed by atoms with Gasteiger partial charge in [0, 0.05) is 0 Å². The molecule has 0 aromatic heterocycles. The van der Waals surface area contributed by atoms with Gasteiger partial charge >= 0.3 is 0 Å². The number of hydrogen-bond acceptors (Lipinski definition) is 1. The highest BCUT2D eigenvalue weighted by Crippen LogP contribution is 2.12. The van der Waals surface area contributed by atoms with Crippen molar-refractivity contribution in [1.29, 1.82) is 0 Å². The van der Waals surface area contributed by atoms with E-state index in [1.165, 1.54) is 62.9 Å². The lowest BCUT2D eigenvalue weighted by Crippen LogP contribution is -2.30. The van der Waals surface area contributed by atoms with Gasteiger partial charge in [0.1, 0.15) is 0 Å². The molecule has 1 aliphatic heterocycles. The Morgan fingerprint density at radius 1 is 1.00 bits per heavy atom. The van der Waals surface area contributed by atoms with Crippen LogP contribution in [0.15, 0.2) is 30.3 Å². The molecule has 130 valence electrons. The molecule has 23 heavy (non-hydrogen) atoms. The van der Waals surface area contributed by atoms with Crippen molar-refractivity contribution in [1.82, 2.24) is 4.90 Å². The number of allylic oxidation sites excluding steroid dienone is 1. The van der Waals surface area contributed by atoms with Crippen molar-refractivity contribution in [2.75, 3.05) is 19.6 Å². The lowest BCUT2D eigenvalue weighted by Gasteiger charge is -2.26. The highest BCUT2D eigenvalue weighted by Gasteiger charge is 2.08. The van der Waals surface area contributed by atoms with Gasteiger partial charge in [-0.05, 0) is 68.8 Å². The maximum absolute atomic E-state index is 2.63. The molecule has 1 aliphatic rings. The highest BCUT2D eigenvalue weighted by atomic mass is 15.1. The summed E-state index contributed by atoms with van der Waals surface area (Å²) >= 11 is 0. The SMILES string of the molecule is CC(C)C.CC/C=C\c1ccc(CCCN2CCCCC2)cc1. The first kappa shape index (κ1) is 20.0. The van der Waals surface area contributed by atoms with Gasteiger partial charge < -0.3 is 4.90 Å². The van der Waals surface area contributed by atoms with Gasteiger partial charge in [-0.2, -0.15) is 0 Å². The summed E-state index contributed by atoms with van der Waals surface area (Å²) in [5.74, 6) is 0.833. The van der Waals surface area contributed by atoms with Gasteiger partial charge in [-0.1, -0.05) is 70.5 Å². The van der Waals surface area contributed by atoms with Gasteiger partial charge in [0.25, 0.3) is 0 Å². The maximum atomic E-state index is 2.63. The average Bonchev–Trinajstić information content (AvgIpc) is 2.55. The molecule has 1 heterocycles. The van der Waals surface area contributed by atoms with E-state index in [-0.39, 0.29) is 0 Å². The summed E-state index contributed by atoms with van der Waals surface area (Å²) in [5, 5.41) is 0. The van der Waals surface area contributed by atoms with Crippen LogP contribution >= 0.6 is 0 Å². The minimum Gasteiger partial charge on any atom is -0.303 e. The number of rotatable bonds is 6. The molecule has 1 aromatic rings. The number of nitrogens with zero attached hydrogens (tertiary/aromatic N) is 1. The summed E-state index contributed by atoms with van der Waals surface area (Å²) in [4.78, 5) is 2.63. The number of aryl methyl sites for hydroxylation is 1. The molecule has 1 saturated heterocycles. The van der Waals surface area contributed by atoms with Gasteiger partial charge in [-0.25, -0.2) is 0 Å². The number of piperidine rings is 1. The van der Waals surface area contributed by atoms with Crippen LogP contribution in [0.3, 0.4) is 0 Å². The zero-order valence-corrected chi connectivity index (χ0v) is 15.9. The molecule has 1 heteroatoms. The Labute approximate surface area is 144 Å². The summed E-state index contributed by atoms with van der Waals surface area (Å²) in [6.45, 7) is 12.6. The molecule has 0 amide bonds. The zero-order valence-electron chi connectivity index (χ0n) is 15.9. The maximum Gasteiger partial charge on any atom is -0.00156 e. The monoisotopic (exact) mass is 315 g/mol. The molecule has 2 rings (SSSR count). The number of hydrogen-bond donors (Lipinski definition) is 0. The number of likely N-dealkylation sites (tertiary alicyclic amines) is 1. The second kappa shape index (κ2) is 12.4. The topological polar surface area (TPSA) is 3.24 Å². The summed E-state index contributed by atoms with van der Waals surface area (Å²) in [7, 11) is 0. The first-order valence-corrected chi connectivity index (χ1v) is 9.59. The normalized spacial score (nSPS) is 15.7. The summed E-state index contributed by atoms with van der Waals surface area (Å²) in [6, 6.07) is 9.04. The van der Waals surface area contributed by atoms with Crippen LogP contribution in [0.5, 0.6) is 0 Å². The first-order valence-electron chi connectivity index (χ1n) is 9.59. The Kier molecular flexibility index (Phi) is 10.7. The van der Waals surface area contributed by atoms with E-state index in [0.29, 0.717) is 0 Å². The average molecular weight is 316 g/mol. The lowest BCUT2D eigenvalue weighted by molar-refractivity contribution is 0.226. The Hall–Kier alpha value is -1.08. The zero-order chi connectivity index (χ0) is 16.9. The third-order valence-electron chi connectivity index (χ3n) is 3.91. The van der Waals surface area contributed by atoms with Gasteiger partial charge in [-0.15, -0.1) is 0 Å². The molecule has 0 aliphatic carbocycles. The lowest BCUT2D eigenvalue weighted by atomic mass is 10.1. The molecule has 0 bridgehead atoms. The van der Waals surface area contributed by atoms with Crippen LogP contribution in [0.1, 0.15) is 70.9 Å². The predicted octanol–water partition coefficient (Wildman–Crippen LogP) is 6.19. The van der Waals surface area contributed by atoms with Crippen LogP contribution in [-0.2, 0) is 6.42 Å². The fourth-order valence-electron chi connectivity index (χ4n) is 2.74. The molecule has 0 radical (unpaired) electrons. The second-order valence-corrected chi connectivity index (χ2v) is 7.29. The minimum absolute atomic E-state index is 0.833. The van der Waals surface area contributed by atoms with E-state index in [1.54, 1.807) is 0 Å². The van der Waals surface area contributed by atoms with E-state index >= 15 is 0 Å². The van der Waals surface area contributed by atoms with Crippen molar-refractivity contribution < 1.29 is 0 Å². The standard InChI is InChI=1S/C18H27N.C4H10/c1-2-3-8-17-10-12-18(13-11-17)9-7-16-19-14-5-4-6-15-19;1-4(2)3/h3,8,10-13H,2,4-7,9,14-16H2,1H3;4H,1-3H3/b8-3-;. The molecular formula is C22H37N. The van der Waals surface area contributed by atoms with Gasteiger partial charge in [-0.3, -0.25) is 0 Å². The van der Waals surface area contributed by atoms with Crippen molar-refractivity contribution in [3.63, 3.8) is 0 Å². The van der Waals surface area contributed by atoms with E-state index < -0.39 is 0 Å². The molecule has 1 fully saturated rings. The Morgan fingerprint density at radius 2 is 1.61 bits per heavy atom. The molecular weight excluding hydrogens is 278 g/mol. The minimum atomic E-state index is 0.833. The van der Waals surface area contributed by atoms with E-state index in [4.69, 9.17) is 0 Å². The molecule has 0 N–H and O–H groups in total.